The quantitative estimate of drug-likeness (QED) is 0.627. The van der Waals surface area contributed by atoms with Crippen molar-refractivity contribution in [2.45, 2.75) is 33.2 Å². The molecule has 9 heteroatoms. The minimum Gasteiger partial charge on any atom is -0.467 e. The van der Waals surface area contributed by atoms with Crippen molar-refractivity contribution < 1.29 is 14.0 Å². The number of anilines is 1. The topological polar surface area (TPSA) is 100 Å². The van der Waals surface area contributed by atoms with Gasteiger partial charge >= 0.3 is 0 Å². The molecule has 1 fully saturated rings. The maximum absolute atomic E-state index is 12.5. The number of carbonyl (C=O) groups excluding carboxylic acids is 2. The molecular weight excluding hydrogens is 402 g/mol. The Balaban J connectivity index is 1.28. The Morgan fingerprint density at radius 1 is 1.23 bits per heavy atom. The molecule has 0 saturated carbocycles. The van der Waals surface area contributed by atoms with Crippen LogP contribution >= 0.6 is 11.3 Å². The number of thiophene rings is 1. The second kappa shape index (κ2) is 8.83. The smallest absolute Gasteiger partial charge is 0.239 e. The van der Waals surface area contributed by atoms with Crippen LogP contribution in [0.2, 0.25) is 0 Å². The van der Waals surface area contributed by atoms with Crippen LogP contribution in [0, 0.1) is 19.8 Å². The molecule has 0 unspecified atom stereocenters. The van der Waals surface area contributed by atoms with Gasteiger partial charge in [-0.15, -0.1) is 11.3 Å². The molecule has 1 saturated heterocycles. The van der Waals surface area contributed by atoms with Crippen LogP contribution in [0.1, 0.15) is 29.0 Å². The largest absolute Gasteiger partial charge is 0.467 e. The number of fused-ring (bicyclic) bond motifs is 1. The van der Waals surface area contributed by atoms with Crippen molar-refractivity contribution in [1.29, 1.82) is 0 Å². The van der Waals surface area contributed by atoms with E-state index in [1.165, 1.54) is 10.4 Å². The summed E-state index contributed by atoms with van der Waals surface area (Å²) in [6.07, 6.45) is 4.64. The Labute approximate surface area is 178 Å². The summed E-state index contributed by atoms with van der Waals surface area (Å²) in [4.78, 5) is 37.9. The van der Waals surface area contributed by atoms with E-state index in [1.807, 2.05) is 0 Å². The van der Waals surface area contributed by atoms with Gasteiger partial charge in [-0.25, -0.2) is 9.97 Å². The minimum atomic E-state index is -0.233. The lowest BCUT2D eigenvalue weighted by molar-refractivity contribution is -0.129. The molecule has 1 aliphatic heterocycles. The fourth-order valence-corrected chi connectivity index (χ4v) is 4.72. The first-order valence-corrected chi connectivity index (χ1v) is 10.9. The van der Waals surface area contributed by atoms with Crippen LogP contribution in [0.4, 0.5) is 5.82 Å². The molecule has 0 bridgehead atoms. The van der Waals surface area contributed by atoms with Crippen LogP contribution in [0.15, 0.2) is 29.1 Å². The summed E-state index contributed by atoms with van der Waals surface area (Å²) >= 11 is 1.69. The second-order valence-electron chi connectivity index (χ2n) is 7.50. The number of aromatic nitrogens is 2. The molecule has 0 aliphatic carbocycles. The lowest BCUT2D eigenvalue weighted by atomic mass is 9.95. The Morgan fingerprint density at radius 2 is 2.03 bits per heavy atom. The Kier molecular flexibility index (Phi) is 5.98. The van der Waals surface area contributed by atoms with E-state index in [0.29, 0.717) is 12.3 Å². The monoisotopic (exact) mass is 427 g/mol. The molecule has 0 radical (unpaired) electrons. The van der Waals surface area contributed by atoms with Crippen LogP contribution in [0.5, 0.6) is 0 Å². The fraction of sp³-hybridized carbons (Fsp3) is 0.429. The first kappa shape index (κ1) is 20.3. The predicted octanol–water partition coefficient (Wildman–Crippen LogP) is 2.55. The summed E-state index contributed by atoms with van der Waals surface area (Å²) in [6, 6.07) is 3.56. The van der Waals surface area contributed by atoms with E-state index in [-0.39, 0.29) is 24.3 Å². The third kappa shape index (κ3) is 4.30. The predicted molar refractivity (Wildman–Crippen MR) is 115 cm³/mol. The molecule has 3 aromatic heterocycles. The van der Waals surface area contributed by atoms with Crippen LogP contribution in [0.3, 0.4) is 0 Å². The average molecular weight is 428 g/mol. The molecule has 2 amide bonds. The lowest BCUT2D eigenvalue weighted by Gasteiger charge is -2.32. The number of rotatable bonds is 6. The van der Waals surface area contributed by atoms with Crippen molar-refractivity contribution in [2.24, 2.45) is 5.92 Å². The molecule has 3 aromatic rings. The average Bonchev–Trinajstić information content (AvgIpc) is 3.38. The maximum atomic E-state index is 12.5. The molecule has 30 heavy (non-hydrogen) atoms. The molecule has 8 nitrogen and oxygen atoms in total. The van der Waals surface area contributed by atoms with Gasteiger partial charge in [-0.3, -0.25) is 9.59 Å². The van der Waals surface area contributed by atoms with E-state index in [9.17, 15) is 9.59 Å². The Hall–Kier alpha value is -2.94. The molecular formula is C21H25N5O3S. The number of furan rings is 1. The fourth-order valence-electron chi connectivity index (χ4n) is 3.73. The van der Waals surface area contributed by atoms with Crippen molar-refractivity contribution in [3.8, 4) is 0 Å². The highest BCUT2D eigenvalue weighted by Crippen LogP contribution is 2.35. The molecule has 158 valence electrons. The van der Waals surface area contributed by atoms with Gasteiger partial charge in [0.2, 0.25) is 11.8 Å². The van der Waals surface area contributed by atoms with Crippen molar-refractivity contribution >= 4 is 39.2 Å². The summed E-state index contributed by atoms with van der Waals surface area (Å²) in [5.74, 6) is 1.23. The van der Waals surface area contributed by atoms with Crippen molar-refractivity contribution in [3.63, 3.8) is 0 Å². The molecule has 0 aromatic carbocycles. The number of carbonyl (C=O) groups is 2. The second-order valence-corrected chi connectivity index (χ2v) is 8.70. The highest BCUT2D eigenvalue weighted by molar-refractivity contribution is 7.18. The van der Waals surface area contributed by atoms with Crippen molar-refractivity contribution in [2.75, 3.05) is 24.5 Å². The Bertz CT molecular complexity index is 1040. The molecule has 4 rings (SSSR count). The molecule has 0 spiro atoms. The third-order valence-electron chi connectivity index (χ3n) is 5.57. The third-order valence-corrected chi connectivity index (χ3v) is 6.69. The summed E-state index contributed by atoms with van der Waals surface area (Å²) in [5.41, 5.74) is 1.23. The Morgan fingerprint density at radius 3 is 2.77 bits per heavy atom. The zero-order chi connectivity index (χ0) is 21.1. The molecule has 4 heterocycles. The first-order chi connectivity index (χ1) is 14.5. The molecule has 2 N–H and O–H groups in total. The number of nitrogens with zero attached hydrogens (tertiary/aromatic N) is 3. The van der Waals surface area contributed by atoms with Gasteiger partial charge in [0.05, 0.1) is 24.7 Å². The SMILES string of the molecule is Cc1sc2ncnc(N3CCC(C(=O)NCC(=O)NCc4ccco4)CC3)c2c1C. The van der Waals surface area contributed by atoms with Gasteiger partial charge in [0.25, 0.3) is 0 Å². The number of hydrogen-bond donors (Lipinski definition) is 2. The van der Waals surface area contributed by atoms with E-state index in [0.717, 1.165) is 42.0 Å². The minimum absolute atomic E-state index is 0.0281. The number of hydrogen-bond acceptors (Lipinski definition) is 7. The first-order valence-electron chi connectivity index (χ1n) is 10.1. The van der Waals surface area contributed by atoms with E-state index < -0.39 is 0 Å². The number of aryl methyl sites for hydroxylation is 2. The van der Waals surface area contributed by atoms with E-state index in [2.05, 4.69) is 39.3 Å². The van der Waals surface area contributed by atoms with Crippen LogP contribution < -0.4 is 15.5 Å². The van der Waals surface area contributed by atoms with Gasteiger partial charge in [-0.05, 0) is 44.4 Å². The summed E-state index contributed by atoms with van der Waals surface area (Å²) in [5, 5.41) is 6.60. The summed E-state index contributed by atoms with van der Waals surface area (Å²) in [7, 11) is 0. The zero-order valence-corrected chi connectivity index (χ0v) is 17.9. The number of nitrogens with one attached hydrogen (secondary N) is 2. The van der Waals surface area contributed by atoms with Crippen molar-refractivity contribution in [3.05, 3.63) is 40.9 Å². The summed E-state index contributed by atoms with van der Waals surface area (Å²) < 4.78 is 5.17. The van der Waals surface area contributed by atoms with Gasteiger partial charge in [-0.2, -0.15) is 0 Å². The van der Waals surface area contributed by atoms with Gasteiger partial charge in [-0.1, -0.05) is 0 Å². The van der Waals surface area contributed by atoms with E-state index >= 15 is 0 Å². The van der Waals surface area contributed by atoms with Crippen molar-refractivity contribution in [1.82, 2.24) is 20.6 Å². The van der Waals surface area contributed by atoms with Gasteiger partial charge in [0, 0.05) is 23.9 Å². The van der Waals surface area contributed by atoms with E-state index in [4.69, 9.17) is 4.42 Å². The normalized spacial score (nSPS) is 14.8. The lowest BCUT2D eigenvalue weighted by Crippen LogP contribution is -2.43. The zero-order valence-electron chi connectivity index (χ0n) is 17.1. The van der Waals surface area contributed by atoms with Gasteiger partial charge < -0.3 is 20.0 Å². The number of amides is 2. The maximum Gasteiger partial charge on any atom is 0.239 e. The highest BCUT2D eigenvalue weighted by Gasteiger charge is 2.27. The molecule has 0 atom stereocenters. The van der Waals surface area contributed by atoms with Crippen LogP contribution in [-0.4, -0.2) is 41.4 Å². The van der Waals surface area contributed by atoms with Crippen LogP contribution in [0.25, 0.3) is 10.2 Å². The van der Waals surface area contributed by atoms with Gasteiger partial charge in [0.1, 0.15) is 22.7 Å². The van der Waals surface area contributed by atoms with Crippen LogP contribution in [-0.2, 0) is 16.1 Å². The van der Waals surface area contributed by atoms with Gasteiger partial charge in [0.15, 0.2) is 0 Å². The van der Waals surface area contributed by atoms with E-state index in [1.54, 1.807) is 36.1 Å². The highest BCUT2D eigenvalue weighted by atomic mass is 32.1. The number of piperidine rings is 1. The summed E-state index contributed by atoms with van der Waals surface area (Å²) in [6.45, 7) is 6.01. The molecule has 1 aliphatic rings. The standard InChI is InChI=1S/C21H25N5O3S/c1-13-14(2)30-21-18(13)19(24-12-25-21)26-7-5-15(6-8-26)20(28)23-11-17(27)22-10-16-4-3-9-29-16/h3-4,9,12,15H,5-8,10-11H2,1-2H3,(H,22,27)(H,23,28).